The predicted molar refractivity (Wildman–Crippen MR) is 181 cm³/mol. The van der Waals surface area contributed by atoms with Gasteiger partial charge < -0.3 is 40.0 Å². The second-order valence-electron chi connectivity index (χ2n) is 11.0. The largest absolute Gasteiger partial charge is 0.395 e. The molecule has 0 atom stereocenters. The summed E-state index contributed by atoms with van der Waals surface area (Å²) in [5.41, 5.74) is -1.29. The van der Waals surface area contributed by atoms with Crippen LogP contribution in [-0.4, -0.2) is 75.6 Å². The minimum Gasteiger partial charge on any atom is -0.395 e. The molecule has 0 rings (SSSR count). The first-order chi connectivity index (χ1) is 20.2. The lowest BCUT2D eigenvalue weighted by Crippen LogP contribution is -2.52. The summed E-state index contributed by atoms with van der Waals surface area (Å²) < 4.78 is 2.23. The van der Waals surface area contributed by atoms with Gasteiger partial charge in [0.05, 0.1) is 25.2 Å². The zero-order valence-corrected chi connectivity index (χ0v) is 29.8. The van der Waals surface area contributed by atoms with E-state index in [2.05, 4.69) is 18.2 Å². The Labute approximate surface area is 267 Å². The Hall–Kier alpha value is 1.20. The topological polar surface area (TPSA) is 171 Å². The molecule has 0 amide bonds. The van der Waals surface area contributed by atoms with Gasteiger partial charge in [0.1, 0.15) is 0 Å². The highest BCUT2D eigenvalue weighted by Gasteiger charge is 2.50. The maximum atomic E-state index is 11.5. The van der Waals surface area contributed by atoms with Gasteiger partial charge in [0.2, 0.25) is 0 Å². The molecule has 0 bridgehead atoms. The number of thioether (sulfide) groups is 2. The third kappa shape index (κ3) is 25.4. The van der Waals surface area contributed by atoms with E-state index in [1.807, 2.05) is 0 Å². The molecule has 9 nitrogen and oxygen atoms in total. The number of hydrogen-bond acceptors (Lipinski definition) is 11. The average Bonchev–Trinajstić information content (AvgIpc) is 2.95. The molecule has 0 radical (unpaired) electrons. The highest BCUT2D eigenvalue weighted by molar-refractivity contribution is 8.18. The summed E-state index contributed by atoms with van der Waals surface area (Å²) in [5, 5.41) is 41.3. The van der Waals surface area contributed by atoms with Gasteiger partial charge in [0.25, 0.3) is 0 Å². The second kappa shape index (κ2) is 32.2. The molecule has 13 heteroatoms. The summed E-state index contributed by atoms with van der Waals surface area (Å²) in [6.07, 6.45) is 25.4. The van der Waals surface area contributed by atoms with E-state index < -0.39 is 46.7 Å². The fraction of sp³-hybridized carbons (Fsp3) is 1.00. The van der Waals surface area contributed by atoms with Gasteiger partial charge in [-0.15, -0.1) is 23.5 Å². The smallest absolute Gasteiger partial charge is 0.334 e. The third-order valence-electron chi connectivity index (χ3n) is 7.32. The van der Waals surface area contributed by atoms with Crippen molar-refractivity contribution >= 4 is 40.7 Å². The van der Waals surface area contributed by atoms with Gasteiger partial charge in [-0.05, 0) is 24.3 Å². The highest BCUT2D eigenvalue weighted by Crippen LogP contribution is 2.49. The fourth-order valence-electron chi connectivity index (χ4n) is 4.46. The molecule has 0 aromatic carbocycles. The molecule has 0 aromatic rings. The molecule has 0 unspecified atom stereocenters. The van der Waals surface area contributed by atoms with Gasteiger partial charge >= 0.3 is 17.2 Å². The summed E-state index contributed by atoms with van der Waals surface area (Å²) in [7, 11) is -5.22. The first-order valence-corrected chi connectivity index (χ1v) is 20.3. The van der Waals surface area contributed by atoms with Gasteiger partial charge in [0, 0.05) is 0 Å². The van der Waals surface area contributed by atoms with Crippen molar-refractivity contribution in [2.24, 2.45) is 5.41 Å². The zero-order chi connectivity index (χ0) is 32.0. The van der Waals surface area contributed by atoms with E-state index in [1.54, 1.807) is 0 Å². The van der Waals surface area contributed by atoms with Crippen LogP contribution in [0, 0.1) is 5.41 Å². The summed E-state index contributed by atoms with van der Waals surface area (Å²) in [4.78, 5) is 31.3. The van der Waals surface area contributed by atoms with E-state index in [-0.39, 0.29) is 0 Å². The van der Waals surface area contributed by atoms with Crippen LogP contribution in [0.5, 0.6) is 0 Å². The van der Waals surface area contributed by atoms with E-state index in [1.165, 1.54) is 126 Å². The van der Waals surface area contributed by atoms with Crippen molar-refractivity contribution in [1.82, 2.24) is 0 Å². The molecular formula is C29H64O9P2S2. The van der Waals surface area contributed by atoms with Crippen LogP contribution >= 0.6 is 40.7 Å². The fourth-order valence-corrected chi connectivity index (χ4v) is 8.07. The molecule has 0 fully saturated rings. The van der Waals surface area contributed by atoms with Crippen molar-refractivity contribution in [2.45, 2.75) is 147 Å². The summed E-state index contributed by atoms with van der Waals surface area (Å²) >= 11 is 2.80. The standard InChI is InChI=1S/C29H60O4S2.H4O5P2/c1-3-5-7-9-11-13-15-17-19-21-23-34-29(33,28(25-30,26-31)27-32)35-24-22-20-18-16-14-12-10-8-6-4-2;1-6(2)5-7(3)4/h30-33H,3-27H2,1-2H3;1-4H. The molecule has 42 heavy (non-hydrogen) atoms. The Morgan fingerprint density at radius 2 is 0.738 bits per heavy atom. The Morgan fingerprint density at radius 1 is 0.476 bits per heavy atom. The molecule has 0 spiro atoms. The SMILES string of the molecule is CCCCCCCCCCCCSC(O)(SCCCCCCCCCCCC)C(CO)(CO)CO.OP(O)OP(O)O. The highest BCUT2D eigenvalue weighted by atomic mass is 32.2. The van der Waals surface area contributed by atoms with Crippen LogP contribution in [0.25, 0.3) is 0 Å². The molecule has 0 aliphatic carbocycles. The number of unbranched alkanes of at least 4 members (excludes halogenated alkanes) is 18. The van der Waals surface area contributed by atoms with Gasteiger partial charge in [-0.1, -0.05) is 129 Å². The Bertz CT molecular complexity index is 509. The summed E-state index contributed by atoms with van der Waals surface area (Å²) in [6, 6.07) is 0. The number of rotatable bonds is 30. The monoisotopic (exact) mass is 682 g/mol. The molecule has 0 heterocycles. The van der Waals surface area contributed by atoms with Crippen molar-refractivity contribution in [2.75, 3.05) is 31.3 Å². The molecule has 0 aromatic heterocycles. The minimum atomic E-state index is -2.61. The van der Waals surface area contributed by atoms with E-state index in [4.69, 9.17) is 19.6 Å². The molecule has 256 valence electrons. The lowest BCUT2D eigenvalue weighted by molar-refractivity contribution is -0.0617. The van der Waals surface area contributed by atoms with Gasteiger partial charge in [-0.25, -0.2) is 4.31 Å². The molecule has 0 saturated carbocycles. The normalized spacial score (nSPS) is 12.3. The predicted octanol–water partition coefficient (Wildman–Crippen LogP) is 7.33. The first-order valence-electron chi connectivity index (χ1n) is 16.0. The van der Waals surface area contributed by atoms with Crippen molar-refractivity contribution in [3.05, 3.63) is 0 Å². The minimum absolute atomic E-state index is 0.424. The van der Waals surface area contributed by atoms with Crippen LogP contribution in [-0.2, 0) is 4.31 Å². The lowest BCUT2D eigenvalue weighted by Gasteiger charge is -2.43. The summed E-state index contributed by atoms with van der Waals surface area (Å²) in [5.74, 6) is 1.56. The van der Waals surface area contributed by atoms with Gasteiger partial charge in [-0.2, -0.15) is 0 Å². The van der Waals surface area contributed by atoms with Crippen molar-refractivity contribution < 1.29 is 44.3 Å². The van der Waals surface area contributed by atoms with E-state index in [0.29, 0.717) is 0 Å². The van der Waals surface area contributed by atoms with Crippen LogP contribution in [0.2, 0.25) is 0 Å². The number of aliphatic hydroxyl groups excluding tert-OH is 3. The molecule has 0 aliphatic heterocycles. The maximum Gasteiger partial charge on any atom is 0.334 e. The van der Waals surface area contributed by atoms with Crippen LogP contribution in [0.4, 0.5) is 0 Å². The van der Waals surface area contributed by atoms with Crippen LogP contribution in [0.3, 0.4) is 0 Å². The number of aliphatic hydroxyl groups is 4. The molecule has 8 N–H and O–H groups in total. The van der Waals surface area contributed by atoms with Crippen molar-refractivity contribution in [3.8, 4) is 0 Å². The lowest BCUT2D eigenvalue weighted by atomic mass is 9.92. The Balaban J connectivity index is 0. The van der Waals surface area contributed by atoms with Crippen LogP contribution in [0.15, 0.2) is 0 Å². The first kappa shape index (κ1) is 45.3. The van der Waals surface area contributed by atoms with E-state index in [0.717, 1.165) is 37.2 Å². The average molecular weight is 683 g/mol. The molecule has 0 saturated heterocycles. The Morgan fingerprint density at radius 3 is 0.952 bits per heavy atom. The van der Waals surface area contributed by atoms with Crippen LogP contribution < -0.4 is 0 Å². The maximum absolute atomic E-state index is 11.5. The Kier molecular flexibility index (Phi) is 34.7. The van der Waals surface area contributed by atoms with E-state index in [9.17, 15) is 20.4 Å². The quantitative estimate of drug-likeness (QED) is 0.0217. The third-order valence-corrected chi connectivity index (χ3v) is 11.8. The van der Waals surface area contributed by atoms with Gasteiger partial charge in [0.15, 0.2) is 4.27 Å². The number of hydrogen-bond donors (Lipinski definition) is 8. The second-order valence-corrected chi connectivity index (χ2v) is 15.5. The zero-order valence-electron chi connectivity index (χ0n) is 26.4. The van der Waals surface area contributed by atoms with Crippen LogP contribution in [0.1, 0.15) is 142 Å². The van der Waals surface area contributed by atoms with E-state index >= 15 is 0 Å². The van der Waals surface area contributed by atoms with Crippen molar-refractivity contribution in [3.63, 3.8) is 0 Å². The molecule has 0 aliphatic rings. The van der Waals surface area contributed by atoms with Gasteiger partial charge in [-0.3, -0.25) is 0 Å². The molecular weight excluding hydrogens is 618 g/mol. The summed E-state index contributed by atoms with van der Waals surface area (Å²) in [6.45, 7) is 3.23. The van der Waals surface area contributed by atoms with Crippen molar-refractivity contribution in [1.29, 1.82) is 0 Å².